The van der Waals surface area contributed by atoms with Crippen molar-refractivity contribution in [2.75, 3.05) is 7.11 Å². The summed E-state index contributed by atoms with van der Waals surface area (Å²) in [6.45, 7) is 2.16. The van der Waals surface area contributed by atoms with Crippen LogP contribution in [0.15, 0.2) is 54.6 Å². The Labute approximate surface area is 108 Å². The molecule has 0 aliphatic rings. The highest BCUT2D eigenvalue weighted by Gasteiger charge is 2.16. The minimum Gasteiger partial charge on any atom is -0.497 e. The first kappa shape index (κ1) is 12.7. The zero-order valence-corrected chi connectivity index (χ0v) is 10.8. The summed E-state index contributed by atoms with van der Waals surface area (Å²) < 4.78 is 5.15. The quantitative estimate of drug-likeness (QED) is 0.889. The van der Waals surface area contributed by atoms with E-state index < -0.39 is 0 Å². The van der Waals surface area contributed by atoms with Gasteiger partial charge in [-0.15, -0.1) is 0 Å². The average molecular weight is 241 g/mol. The second-order valence-electron chi connectivity index (χ2n) is 4.50. The lowest BCUT2D eigenvalue weighted by Crippen LogP contribution is -2.17. The van der Waals surface area contributed by atoms with E-state index in [-0.39, 0.29) is 6.04 Å². The highest BCUT2D eigenvalue weighted by molar-refractivity contribution is 5.32. The summed E-state index contributed by atoms with van der Waals surface area (Å²) >= 11 is 0. The Morgan fingerprint density at radius 2 is 1.50 bits per heavy atom. The van der Waals surface area contributed by atoms with Gasteiger partial charge in [-0.25, -0.2) is 0 Å². The van der Waals surface area contributed by atoms with E-state index in [2.05, 4.69) is 19.1 Å². The van der Waals surface area contributed by atoms with Crippen LogP contribution in [0.5, 0.6) is 5.75 Å². The average Bonchev–Trinajstić information content (AvgIpc) is 2.47. The van der Waals surface area contributed by atoms with Crippen LogP contribution < -0.4 is 10.5 Å². The zero-order valence-electron chi connectivity index (χ0n) is 10.8. The van der Waals surface area contributed by atoms with Gasteiger partial charge in [0.2, 0.25) is 0 Å². The molecule has 0 radical (unpaired) electrons. The number of hydrogen-bond donors (Lipinski definition) is 1. The van der Waals surface area contributed by atoms with Gasteiger partial charge in [0.25, 0.3) is 0 Å². The Bertz CT molecular complexity index is 478. The molecule has 0 aliphatic heterocycles. The van der Waals surface area contributed by atoms with Gasteiger partial charge in [-0.1, -0.05) is 49.4 Å². The Morgan fingerprint density at radius 3 is 2.06 bits per heavy atom. The summed E-state index contributed by atoms with van der Waals surface area (Å²) in [5, 5.41) is 0. The van der Waals surface area contributed by atoms with Crippen molar-refractivity contribution in [1.29, 1.82) is 0 Å². The van der Waals surface area contributed by atoms with Crippen LogP contribution in [0.25, 0.3) is 0 Å². The van der Waals surface area contributed by atoms with E-state index in [4.69, 9.17) is 10.5 Å². The Morgan fingerprint density at radius 1 is 0.889 bits per heavy atom. The molecular weight excluding hydrogens is 222 g/mol. The Kier molecular flexibility index (Phi) is 4.00. The van der Waals surface area contributed by atoms with Gasteiger partial charge in [0.05, 0.1) is 7.11 Å². The monoisotopic (exact) mass is 241 g/mol. The van der Waals surface area contributed by atoms with Crippen molar-refractivity contribution in [2.45, 2.75) is 18.9 Å². The first-order valence-electron chi connectivity index (χ1n) is 6.17. The third kappa shape index (κ3) is 2.71. The number of ether oxygens (including phenoxy) is 1. The number of methoxy groups -OCH3 is 1. The lowest BCUT2D eigenvalue weighted by atomic mass is 9.89. The van der Waals surface area contributed by atoms with E-state index in [0.717, 1.165) is 11.3 Å². The largest absolute Gasteiger partial charge is 0.497 e. The zero-order chi connectivity index (χ0) is 13.0. The van der Waals surface area contributed by atoms with E-state index in [9.17, 15) is 0 Å². The normalized spacial score (nSPS) is 13.9. The molecule has 2 rings (SSSR count). The summed E-state index contributed by atoms with van der Waals surface area (Å²) in [5.41, 5.74) is 8.72. The molecule has 2 atom stereocenters. The van der Waals surface area contributed by atoms with Crippen LogP contribution >= 0.6 is 0 Å². The first-order valence-corrected chi connectivity index (χ1v) is 6.17. The van der Waals surface area contributed by atoms with E-state index in [1.54, 1.807) is 7.11 Å². The molecule has 0 saturated heterocycles. The summed E-state index contributed by atoms with van der Waals surface area (Å²) in [5.74, 6) is 1.15. The number of rotatable bonds is 4. The maximum atomic E-state index is 6.32. The molecular formula is C16H19NO. The van der Waals surface area contributed by atoms with Crippen LogP contribution in [0.4, 0.5) is 0 Å². The van der Waals surface area contributed by atoms with Gasteiger partial charge >= 0.3 is 0 Å². The maximum absolute atomic E-state index is 6.32. The highest BCUT2D eigenvalue weighted by Crippen LogP contribution is 2.29. The summed E-state index contributed by atoms with van der Waals surface area (Å²) in [6, 6.07) is 18.3. The van der Waals surface area contributed by atoms with Crippen molar-refractivity contribution in [3.05, 3.63) is 65.7 Å². The highest BCUT2D eigenvalue weighted by atomic mass is 16.5. The molecule has 2 heteroatoms. The summed E-state index contributed by atoms with van der Waals surface area (Å²) in [6.07, 6.45) is 0. The maximum Gasteiger partial charge on any atom is 0.118 e. The van der Waals surface area contributed by atoms with Gasteiger partial charge in [0.15, 0.2) is 0 Å². The molecule has 2 aromatic rings. The predicted octanol–water partition coefficient (Wildman–Crippen LogP) is 3.50. The molecule has 0 amide bonds. The molecule has 0 heterocycles. The van der Waals surface area contributed by atoms with Crippen molar-refractivity contribution >= 4 is 0 Å². The number of nitrogens with two attached hydrogens (primary N) is 1. The van der Waals surface area contributed by atoms with E-state index in [0.29, 0.717) is 5.92 Å². The fourth-order valence-electron chi connectivity index (χ4n) is 2.08. The predicted molar refractivity (Wildman–Crippen MR) is 74.8 cm³/mol. The van der Waals surface area contributed by atoms with Gasteiger partial charge < -0.3 is 10.5 Å². The van der Waals surface area contributed by atoms with Gasteiger partial charge in [-0.05, 0) is 23.3 Å². The second-order valence-corrected chi connectivity index (χ2v) is 4.50. The third-order valence-corrected chi connectivity index (χ3v) is 3.36. The molecule has 0 fully saturated rings. The van der Waals surface area contributed by atoms with Crippen molar-refractivity contribution < 1.29 is 4.74 Å². The topological polar surface area (TPSA) is 35.2 Å². The molecule has 0 bridgehead atoms. The second kappa shape index (κ2) is 5.69. The van der Waals surface area contributed by atoms with Gasteiger partial charge in [-0.3, -0.25) is 0 Å². The fraction of sp³-hybridized carbons (Fsp3) is 0.250. The Hall–Kier alpha value is -1.80. The molecule has 0 saturated carbocycles. The molecule has 2 nitrogen and oxygen atoms in total. The SMILES string of the molecule is COc1ccc(C(N)C(C)c2ccccc2)cc1. The van der Waals surface area contributed by atoms with Crippen molar-refractivity contribution in [3.8, 4) is 5.75 Å². The van der Waals surface area contributed by atoms with E-state index in [1.807, 2.05) is 42.5 Å². The molecule has 18 heavy (non-hydrogen) atoms. The molecule has 2 unspecified atom stereocenters. The standard InChI is InChI=1S/C16H19NO/c1-12(13-6-4-3-5-7-13)16(17)14-8-10-15(18-2)11-9-14/h3-12,16H,17H2,1-2H3. The lowest BCUT2D eigenvalue weighted by molar-refractivity contribution is 0.414. The molecule has 0 aliphatic carbocycles. The molecule has 2 N–H and O–H groups in total. The van der Waals surface area contributed by atoms with Gasteiger partial charge in [-0.2, -0.15) is 0 Å². The summed E-state index contributed by atoms with van der Waals surface area (Å²) in [4.78, 5) is 0. The smallest absolute Gasteiger partial charge is 0.118 e. The molecule has 0 spiro atoms. The fourth-order valence-corrected chi connectivity index (χ4v) is 2.08. The van der Waals surface area contributed by atoms with Crippen LogP contribution in [0, 0.1) is 0 Å². The van der Waals surface area contributed by atoms with Gasteiger partial charge in [0.1, 0.15) is 5.75 Å². The molecule has 0 aromatic heterocycles. The molecule has 94 valence electrons. The van der Waals surface area contributed by atoms with Crippen molar-refractivity contribution in [2.24, 2.45) is 5.73 Å². The Balaban J connectivity index is 2.17. The van der Waals surface area contributed by atoms with Crippen LogP contribution in [0.2, 0.25) is 0 Å². The molecule has 2 aromatic carbocycles. The van der Waals surface area contributed by atoms with Crippen LogP contribution in [0.3, 0.4) is 0 Å². The minimum absolute atomic E-state index is 0.00157. The lowest BCUT2D eigenvalue weighted by Gasteiger charge is -2.21. The van der Waals surface area contributed by atoms with Gasteiger partial charge in [0, 0.05) is 12.0 Å². The third-order valence-electron chi connectivity index (χ3n) is 3.36. The minimum atomic E-state index is -0.00157. The van der Waals surface area contributed by atoms with Crippen LogP contribution in [0.1, 0.15) is 30.0 Å². The number of benzene rings is 2. The number of hydrogen-bond acceptors (Lipinski definition) is 2. The van der Waals surface area contributed by atoms with Crippen molar-refractivity contribution in [3.63, 3.8) is 0 Å². The van der Waals surface area contributed by atoms with Crippen molar-refractivity contribution in [1.82, 2.24) is 0 Å². The summed E-state index contributed by atoms with van der Waals surface area (Å²) in [7, 11) is 1.67. The first-order chi connectivity index (χ1) is 8.72. The van der Waals surface area contributed by atoms with E-state index in [1.165, 1.54) is 5.56 Å². The van der Waals surface area contributed by atoms with Crippen LogP contribution in [-0.2, 0) is 0 Å². The van der Waals surface area contributed by atoms with E-state index >= 15 is 0 Å². The van der Waals surface area contributed by atoms with Crippen LogP contribution in [-0.4, -0.2) is 7.11 Å².